The Morgan fingerprint density at radius 3 is 0.977 bits per heavy atom. The van der Waals surface area contributed by atoms with E-state index < -0.39 is 82.3 Å². The minimum atomic E-state index is -3.62. The minimum absolute atomic E-state index is 0.0157. The molecule has 8 heterocycles. The Hall–Kier alpha value is -10.4. The first-order chi connectivity index (χ1) is 61.5. The monoisotopic (exact) mass is 1980 g/mol. The summed E-state index contributed by atoms with van der Waals surface area (Å²) in [6.07, 6.45) is 4.65. The van der Waals surface area contributed by atoms with Gasteiger partial charge in [0.2, 0.25) is 23.8 Å². The molecule has 0 saturated carbocycles. The number of carbonyl (C=O) groups excluding carboxylic acids is 4. The number of ether oxygens (including phenoxy) is 4. The van der Waals surface area contributed by atoms with E-state index in [1.807, 2.05) is 43.3 Å². The predicted octanol–water partition coefficient (Wildman–Crippen LogP) is 9.44. The summed E-state index contributed by atoms with van der Waals surface area (Å²) in [5.74, 6) is -1.26. The summed E-state index contributed by atoms with van der Waals surface area (Å²) < 4.78 is 119. The molecule has 12 rings (SSSR count). The molecule has 0 fully saturated rings. The van der Waals surface area contributed by atoms with Gasteiger partial charge in [-0.1, -0.05) is 87.7 Å². The van der Waals surface area contributed by atoms with Gasteiger partial charge in [0.15, 0.2) is 44.7 Å². The second-order valence-electron chi connectivity index (χ2n) is 29.5. The Morgan fingerprint density at radius 1 is 0.423 bits per heavy atom. The van der Waals surface area contributed by atoms with Crippen molar-refractivity contribution < 1.29 is 78.9 Å². The largest absolute Gasteiger partial charge is 0.369 e. The number of nitrogen functional groups attached to an aromatic ring is 4. The van der Waals surface area contributed by atoms with Gasteiger partial charge in [-0.3, -0.25) is 76.6 Å². The Morgan fingerprint density at radius 2 is 0.700 bits per heavy atom. The molecule has 0 aliphatic heterocycles. The molecule has 130 heavy (non-hydrogen) atoms. The molecule has 0 saturated heterocycles. The number of rotatable bonds is 44. The number of hydrogen-bond acceptors (Lipinski definition) is 32. The molecule has 44 nitrogen and oxygen atoms in total. The normalized spacial score (nSPS) is 14.3. The molecule has 0 aliphatic rings. The third kappa shape index (κ3) is 30.9. The van der Waals surface area contributed by atoms with Crippen molar-refractivity contribution in [3.8, 4) is 0 Å². The quantitative estimate of drug-likeness (QED) is 0.0125. The third-order valence-electron chi connectivity index (χ3n) is 18.9. The molecular formula is C78H100BrCl2FN24O20P4. The highest BCUT2D eigenvalue weighted by Gasteiger charge is 2.33. The van der Waals surface area contributed by atoms with Gasteiger partial charge in [0.05, 0.1) is 102 Å². The van der Waals surface area contributed by atoms with Gasteiger partial charge in [-0.05, 0) is 139 Å². The van der Waals surface area contributed by atoms with Gasteiger partial charge in [-0.2, -0.15) is 19.9 Å². The van der Waals surface area contributed by atoms with Crippen molar-refractivity contribution in [2.24, 2.45) is 0 Å². The van der Waals surface area contributed by atoms with Crippen molar-refractivity contribution in [3.63, 3.8) is 0 Å². The number of ketones is 4. The summed E-state index contributed by atoms with van der Waals surface area (Å²) >= 11 is 15.5. The Bertz CT molecular complexity index is 6090. The summed E-state index contributed by atoms with van der Waals surface area (Å²) in [4.78, 5) is 136. The second-order valence-corrected chi connectivity index (χ2v) is 39.7. The Labute approximate surface area is 759 Å². The number of halogens is 4. The summed E-state index contributed by atoms with van der Waals surface area (Å²) in [5.41, 5.74) is 26.7. The summed E-state index contributed by atoms with van der Waals surface area (Å²) in [5, 5.41) is 12.1. The van der Waals surface area contributed by atoms with Crippen molar-refractivity contribution in [1.82, 2.24) is 98.4 Å². The highest BCUT2D eigenvalue weighted by Crippen LogP contribution is 2.47. The Kier molecular flexibility index (Phi) is 37.8. The van der Waals surface area contributed by atoms with E-state index in [1.54, 1.807) is 95.4 Å². The predicted molar refractivity (Wildman–Crippen MR) is 489 cm³/mol. The summed E-state index contributed by atoms with van der Waals surface area (Å²) in [6, 6.07) is 21.6. The van der Waals surface area contributed by atoms with E-state index in [-0.39, 0.29) is 167 Å². The number of nitrogens with two attached hydrogens (primary N) is 4. The molecule has 4 unspecified atom stereocenters. The number of carbonyl (C=O) groups is 4. The van der Waals surface area contributed by atoms with Crippen molar-refractivity contribution >= 4 is 161 Å². The molecule has 0 aliphatic carbocycles. The third-order valence-corrected chi connectivity index (χ3v) is 27.5. The first kappa shape index (κ1) is 103. The fraction of sp³-hybridized carbons (Fsp3) is 0.385. The smallest absolute Gasteiger partial charge is 0.295 e. The van der Waals surface area contributed by atoms with Crippen LogP contribution >= 0.6 is 69.2 Å². The average Bonchev–Trinajstić information content (AvgIpc) is 1.65. The molecular weight excluding hydrogens is 1890 g/mol. The van der Waals surface area contributed by atoms with Crippen LogP contribution in [0.15, 0.2) is 134 Å². The van der Waals surface area contributed by atoms with Crippen LogP contribution in [0, 0.1) is 19.7 Å². The topological polar surface area (TPSA) is 617 Å². The highest BCUT2D eigenvalue weighted by molar-refractivity contribution is 9.10. The average molecular weight is 1990 g/mol. The van der Waals surface area contributed by atoms with Crippen LogP contribution in [0.5, 0.6) is 0 Å². The number of Topliss-reactive ketones (excluding diaryl/α,β-unsaturated/α-hetero) is 4. The summed E-state index contributed by atoms with van der Waals surface area (Å²) in [6.45, 7) is 17.0. The van der Waals surface area contributed by atoms with Crippen LogP contribution in [0.2, 0.25) is 10.0 Å². The van der Waals surface area contributed by atoms with E-state index in [0.717, 1.165) is 26.7 Å². The minimum Gasteiger partial charge on any atom is -0.369 e. The zero-order valence-corrected chi connectivity index (χ0v) is 78.8. The summed E-state index contributed by atoms with van der Waals surface area (Å²) in [7, 11) is -14.2. The zero-order valence-electron chi connectivity index (χ0n) is 72.2. The maximum atomic E-state index is 13.8. The molecule has 0 bridgehead atoms. The molecule has 12 aromatic rings. The molecule has 4 aromatic carbocycles. The maximum absolute atomic E-state index is 13.8. The van der Waals surface area contributed by atoms with Crippen LogP contribution in [-0.2, 0) is 127 Å². The van der Waals surface area contributed by atoms with Crippen LogP contribution in [0.1, 0.15) is 88.8 Å². The van der Waals surface area contributed by atoms with Gasteiger partial charge >= 0.3 is 0 Å². The fourth-order valence-corrected chi connectivity index (χ4v) is 19.1. The molecule has 16 N–H and O–H groups in total. The lowest BCUT2D eigenvalue weighted by atomic mass is 10.1. The number of nitrogens with zero attached hydrogens (tertiary/aromatic N) is 12. The number of fused-ring (bicyclic) bond motifs is 4. The molecule has 0 spiro atoms. The highest BCUT2D eigenvalue weighted by atomic mass is 79.9. The van der Waals surface area contributed by atoms with E-state index in [0.29, 0.717) is 50.3 Å². The molecule has 8 aromatic heterocycles. The van der Waals surface area contributed by atoms with Gasteiger partial charge in [0.1, 0.15) is 54.3 Å². The zero-order chi connectivity index (χ0) is 95.0. The lowest BCUT2D eigenvalue weighted by molar-refractivity contribution is -0.119. The number of anilines is 4. The van der Waals surface area contributed by atoms with E-state index in [1.165, 1.54) is 59.1 Å². The van der Waals surface area contributed by atoms with Crippen LogP contribution in [0.4, 0.5) is 28.2 Å². The van der Waals surface area contributed by atoms with Gasteiger partial charge in [-0.25, -0.2) is 44.7 Å². The number of aromatic amines is 4. The van der Waals surface area contributed by atoms with Gasteiger partial charge < -0.3 is 78.2 Å². The van der Waals surface area contributed by atoms with Gasteiger partial charge in [0, 0.05) is 40.7 Å². The lowest BCUT2D eigenvalue weighted by Gasteiger charge is -2.23. The molecule has 0 amide bonds. The van der Waals surface area contributed by atoms with Crippen molar-refractivity contribution in [1.29, 1.82) is 0 Å². The number of aromatic nitrogens is 16. The van der Waals surface area contributed by atoms with Crippen LogP contribution < -0.4 is 65.5 Å². The van der Waals surface area contributed by atoms with Gasteiger partial charge in [0.25, 0.3) is 52.3 Å². The van der Waals surface area contributed by atoms with Gasteiger partial charge in [-0.15, -0.1) is 0 Å². The van der Waals surface area contributed by atoms with Crippen molar-refractivity contribution in [3.05, 3.63) is 205 Å². The number of benzene rings is 4. The number of H-pyrrole nitrogens is 4. The standard InChI is InChI=1S/C20H26ClN6O5P.C20H26FN6O5P.C19H24BrN6O5P.C19H24ClN6O5P/c2*1-12-4-5-15(8-16(12)21)9-32-33(30,26-13(2)14(3)28)11-31-7-6-27-10-23-17-18(27)24-20(22)25-19(17)29;2*1-12(13(2)27)25-32(29,31-9-14-4-3-5-15(20)8-14)11-30-7-6-26-10-22-16-17(26)23-19(21)24-18(16)28/h2*4-5,8,10,13H,6-7,9,11H2,1-3H3,(H,26,30)(H3,22,24,25,29);2*3-5,8,10,12H,6-7,9,11H2,1-2H3,(H,25,29)(H3,21,23,24,28)/t2*13-,33?;2*12-,32?/m1111/s1. The Balaban J connectivity index is 0.000000195. The molecule has 700 valence electrons. The molecule has 52 heteroatoms. The fourth-order valence-electron chi connectivity index (χ4n) is 11.3. The number of hydrogen-bond donors (Lipinski definition) is 12. The van der Waals surface area contributed by atoms with E-state index in [9.17, 15) is 61.0 Å². The number of aryl methyl sites for hydroxylation is 2. The molecule has 0 radical (unpaired) electrons. The second kappa shape index (κ2) is 47.6. The van der Waals surface area contributed by atoms with Crippen molar-refractivity contribution in [2.75, 3.05) is 74.8 Å². The van der Waals surface area contributed by atoms with Crippen LogP contribution in [-0.4, -0.2) is 177 Å². The van der Waals surface area contributed by atoms with E-state index in [4.69, 9.17) is 83.2 Å². The molecule has 8 atom stereocenters. The first-order valence-electron chi connectivity index (χ1n) is 39.7. The van der Waals surface area contributed by atoms with Crippen molar-refractivity contribution in [2.45, 2.75) is 146 Å². The van der Waals surface area contributed by atoms with Crippen LogP contribution in [0.25, 0.3) is 44.7 Å². The number of imidazole rings is 4. The number of nitrogens with one attached hydrogen (secondary N) is 8. The first-order valence-corrected chi connectivity index (χ1v) is 48.5. The lowest BCUT2D eigenvalue weighted by Crippen LogP contribution is -2.32. The SMILES string of the molecule is CC(=O)[C@@H](C)NP(=O)(COCCn1cnc2c(=O)[nH]c(N)nc21)OCc1ccc(C)c(Cl)c1.CC(=O)[C@@H](C)NP(=O)(COCCn1cnc2c(=O)[nH]c(N)nc21)OCc1ccc(C)c(F)c1.CC(=O)[C@@H](C)NP(=O)(COCCn1cnc2c(=O)[nH]c(N)nc21)OCc1cccc(Br)c1.CC(=O)[C@@H](C)NP(=O)(COCCn1cnc2c(=O)[nH]c(N)nc21)OCc1cccc(Cl)c1. The van der Waals surface area contributed by atoms with E-state index in [2.05, 4.69) is 96.1 Å². The van der Waals surface area contributed by atoms with E-state index >= 15 is 0 Å². The van der Waals surface area contributed by atoms with Crippen LogP contribution in [0.3, 0.4) is 0 Å². The maximum Gasteiger partial charge on any atom is 0.295 e.